The number of aromatic nitrogens is 2. The van der Waals surface area contributed by atoms with E-state index in [1.54, 1.807) is 14.2 Å². The molecule has 0 aliphatic heterocycles. The molecule has 0 aliphatic rings. The molecular weight excluding hydrogens is 340 g/mol. The molecule has 0 spiro atoms. The lowest BCUT2D eigenvalue weighted by Crippen LogP contribution is -1.99. The van der Waals surface area contributed by atoms with Crippen molar-refractivity contribution in [2.75, 3.05) is 26.6 Å². The summed E-state index contributed by atoms with van der Waals surface area (Å²) in [5.41, 5.74) is 0.856. The monoisotopic (exact) mass is 358 g/mol. The van der Waals surface area contributed by atoms with Crippen LogP contribution in [0.5, 0.6) is 17.2 Å². The number of nitrogens with zero attached hydrogens (tertiary/aromatic N) is 2. The zero-order valence-corrected chi connectivity index (χ0v) is 14.8. The smallest absolute Gasteiger partial charge is 0.276 e. The van der Waals surface area contributed by atoms with E-state index in [0.717, 1.165) is 22.8 Å². The normalized spacial score (nSPS) is 10.5. The van der Waals surface area contributed by atoms with Crippen LogP contribution in [0.15, 0.2) is 58.2 Å². The Morgan fingerprint density at radius 1 is 0.840 bits per heavy atom. The molecule has 6 nitrogen and oxygen atoms in total. The lowest BCUT2D eigenvalue weighted by molar-refractivity contribution is 0.342. The Hall–Kier alpha value is -2.67. The van der Waals surface area contributed by atoms with Gasteiger partial charge in [0.2, 0.25) is 5.89 Å². The van der Waals surface area contributed by atoms with E-state index < -0.39 is 0 Å². The van der Waals surface area contributed by atoms with Gasteiger partial charge >= 0.3 is 0 Å². The van der Waals surface area contributed by atoms with Crippen molar-refractivity contribution in [3.05, 3.63) is 48.5 Å². The highest BCUT2D eigenvalue weighted by Crippen LogP contribution is 2.25. The van der Waals surface area contributed by atoms with Crippen LogP contribution in [0.4, 0.5) is 0 Å². The third-order valence-corrected chi connectivity index (χ3v) is 4.16. The Kier molecular flexibility index (Phi) is 5.79. The third-order valence-electron chi connectivity index (χ3n) is 3.38. The highest BCUT2D eigenvalue weighted by atomic mass is 32.2. The molecule has 130 valence electrons. The second kappa shape index (κ2) is 8.43. The lowest BCUT2D eigenvalue weighted by atomic mass is 10.2. The van der Waals surface area contributed by atoms with Crippen molar-refractivity contribution < 1.29 is 18.6 Å². The van der Waals surface area contributed by atoms with E-state index in [1.807, 2.05) is 48.5 Å². The highest BCUT2D eigenvalue weighted by Gasteiger charge is 2.09. The zero-order valence-electron chi connectivity index (χ0n) is 14.0. The molecule has 0 fully saturated rings. The molecule has 0 atom stereocenters. The number of ether oxygens (including phenoxy) is 3. The molecule has 1 heterocycles. The largest absolute Gasteiger partial charge is 0.497 e. The van der Waals surface area contributed by atoms with Crippen LogP contribution < -0.4 is 14.2 Å². The van der Waals surface area contributed by atoms with E-state index in [2.05, 4.69) is 10.2 Å². The maximum Gasteiger partial charge on any atom is 0.276 e. The van der Waals surface area contributed by atoms with E-state index in [1.165, 1.54) is 11.8 Å². The van der Waals surface area contributed by atoms with Gasteiger partial charge in [-0.15, -0.1) is 10.2 Å². The summed E-state index contributed by atoms with van der Waals surface area (Å²) in [5, 5.41) is 8.63. The highest BCUT2D eigenvalue weighted by molar-refractivity contribution is 7.99. The van der Waals surface area contributed by atoms with Gasteiger partial charge < -0.3 is 18.6 Å². The minimum atomic E-state index is 0.487. The van der Waals surface area contributed by atoms with Crippen LogP contribution in [0, 0.1) is 0 Å². The SMILES string of the molecule is COc1ccc(OCCSc2nnc(-c3ccc(OC)cc3)o2)cc1. The summed E-state index contributed by atoms with van der Waals surface area (Å²) in [6.07, 6.45) is 0. The van der Waals surface area contributed by atoms with Crippen LogP contribution in [0.1, 0.15) is 0 Å². The fourth-order valence-electron chi connectivity index (χ4n) is 2.08. The summed E-state index contributed by atoms with van der Waals surface area (Å²) in [6, 6.07) is 14.9. The van der Waals surface area contributed by atoms with Crippen LogP contribution in [0.25, 0.3) is 11.5 Å². The molecule has 0 N–H and O–H groups in total. The number of thioether (sulfide) groups is 1. The summed E-state index contributed by atoms with van der Waals surface area (Å²) in [5.74, 6) is 3.58. The average molecular weight is 358 g/mol. The maximum absolute atomic E-state index is 5.66. The Morgan fingerprint density at radius 3 is 2.08 bits per heavy atom. The summed E-state index contributed by atoms with van der Waals surface area (Å²) in [4.78, 5) is 0. The quantitative estimate of drug-likeness (QED) is 0.446. The molecule has 3 aromatic rings. The lowest BCUT2D eigenvalue weighted by Gasteiger charge is -2.05. The number of hydrogen-bond acceptors (Lipinski definition) is 7. The number of rotatable bonds is 8. The Balaban J connectivity index is 1.47. The molecule has 7 heteroatoms. The van der Waals surface area contributed by atoms with Crippen LogP contribution >= 0.6 is 11.8 Å². The van der Waals surface area contributed by atoms with Gasteiger partial charge in [-0.25, -0.2) is 0 Å². The van der Waals surface area contributed by atoms with Crippen LogP contribution in [-0.2, 0) is 0 Å². The van der Waals surface area contributed by atoms with Crippen LogP contribution in [-0.4, -0.2) is 36.8 Å². The van der Waals surface area contributed by atoms with Gasteiger partial charge in [0.15, 0.2) is 0 Å². The van der Waals surface area contributed by atoms with Crippen molar-refractivity contribution in [2.45, 2.75) is 5.22 Å². The minimum absolute atomic E-state index is 0.487. The Labute approximate surface area is 150 Å². The summed E-state index contributed by atoms with van der Waals surface area (Å²) < 4.78 is 21.6. The molecule has 25 heavy (non-hydrogen) atoms. The van der Waals surface area contributed by atoms with Crippen LogP contribution in [0.2, 0.25) is 0 Å². The van der Waals surface area contributed by atoms with Crippen molar-refractivity contribution in [1.82, 2.24) is 10.2 Å². The standard InChI is InChI=1S/C18H18N2O4S/c1-21-14-5-3-13(4-6-14)17-19-20-18(24-17)25-12-11-23-16-9-7-15(22-2)8-10-16/h3-10H,11-12H2,1-2H3. The number of hydrogen-bond donors (Lipinski definition) is 0. The van der Waals surface area contributed by atoms with Crippen LogP contribution in [0.3, 0.4) is 0 Å². The van der Waals surface area contributed by atoms with Gasteiger partial charge in [0, 0.05) is 11.3 Å². The average Bonchev–Trinajstić information content (AvgIpc) is 3.15. The van der Waals surface area contributed by atoms with E-state index in [-0.39, 0.29) is 0 Å². The van der Waals surface area contributed by atoms with Gasteiger partial charge in [-0.1, -0.05) is 11.8 Å². The molecule has 0 saturated heterocycles. The number of methoxy groups -OCH3 is 2. The summed E-state index contributed by atoms with van der Waals surface area (Å²) in [6.45, 7) is 0.539. The first-order chi connectivity index (χ1) is 12.3. The topological polar surface area (TPSA) is 66.6 Å². The van der Waals surface area contributed by atoms with E-state index in [4.69, 9.17) is 18.6 Å². The van der Waals surface area contributed by atoms with E-state index in [9.17, 15) is 0 Å². The van der Waals surface area contributed by atoms with E-state index >= 15 is 0 Å². The molecule has 0 saturated carbocycles. The molecular formula is C18H18N2O4S. The first-order valence-electron chi connectivity index (χ1n) is 7.66. The third kappa shape index (κ3) is 4.67. The summed E-state index contributed by atoms with van der Waals surface area (Å²) in [7, 11) is 3.27. The Morgan fingerprint density at radius 2 is 1.44 bits per heavy atom. The van der Waals surface area contributed by atoms with Gasteiger partial charge in [0.25, 0.3) is 5.22 Å². The predicted molar refractivity (Wildman–Crippen MR) is 95.5 cm³/mol. The van der Waals surface area contributed by atoms with Gasteiger partial charge in [0.05, 0.1) is 20.8 Å². The first kappa shape index (κ1) is 17.2. The van der Waals surface area contributed by atoms with Gasteiger partial charge in [0.1, 0.15) is 17.2 Å². The molecule has 3 rings (SSSR count). The van der Waals surface area contributed by atoms with Crippen molar-refractivity contribution in [2.24, 2.45) is 0 Å². The molecule has 1 aromatic heterocycles. The molecule has 0 unspecified atom stereocenters. The second-order valence-corrected chi connectivity index (χ2v) is 6.02. The molecule has 0 amide bonds. The maximum atomic E-state index is 5.66. The fraction of sp³-hybridized carbons (Fsp3) is 0.222. The molecule has 0 aliphatic carbocycles. The predicted octanol–water partition coefficient (Wildman–Crippen LogP) is 3.92. The van der Waals surface area contributed by atoms with Gasteiger partial charge in [-0.3, -0.25) is 0 Å². The second-order valence-electron chi connectivity index (χ2n) is 4.97. The molecule has 0 bridgehead atoms. The van der Waals surface area contributed by atoms with Gasteiger partial charge in [-0.05, 0) is 48.5 Å². The minimum Gasteiger partial charge on any atom is -0.497 e. The Bertz CT molecular complexity index is 788. The first-order valence-corrected chi connectivity index (χ1v) is 8.64. The molecule has 0 radical (unpaired) electrons. The number of benzene rings is 2. The molecule has 2 aromatic carbocycles. The summed E-state index contributed by atoms with van der Waals surface area (Å²) >= 11 is 1.46. The van der Waals surface area contributed by atoms with Crippen molar-refractivity contribution in [3.8, 4) is 28.7 Å². The van der Waals surface area contributed by atoms with Crippen molar-refractivity contribution in [1.29, 1.82) is 0 Å². The fourth-order valence-corrected chi connectivity index (χ4v) is 2.66. The van der Waals surface area contributed by atoms with Crippen molar-refractivity contribution in [3.63, 3.8) is 0 Å². The van der Waals surface area contributed by atoms with E-state index in [0.29, 0.717) is 23.5 Å². The van der Waals surface area contributed by atoms with Crippen molar-refractivity contribution >= 4 is 11.8 Å². The zero-order chi connectivity index (χ0) is 17.5. The van der Waals surface area contributed by atoms with Gasteiger partial charge in [-0.2, -0.15) is 0 Å².